The summed E-state index contributed by atoms with van der Waals surface area (Å²) in [5, 5.41) is 10.0. The van der Waals surface area contributed by atoms with E-state index in [2.05, 4.69) is 5.32 Å². The molecule has 28 heavy (non-hydrogen) atoms. The summed E-state index contributed by atoms with van der Waals surface area (Å²) in [6, 6.07) is 6.47. The minimum absolute atomic E-state index is 0.0192. The third-order valence-corrected chi connectivity index (χ3v) is 4.07. The van der Waals surface area contributed by atoms with E-state index in [4.69, 9.17) is 15.9 Å². The highest BCUT2D eigenvalue weighted by Gasteiger charge is 2.31. The molecular formula is C18H23N5O5. The molecule has 0 spiro atoms. The van der Waals surface area contributed by atoms with Crippen molar-refractivity contribution in [2.75, 3.05) is 38.1 Å². The first-order valence-electron chi connectivity index (χ1n) is 8.75. The molecule has 1 saturated heterocycles. The largest absolute Gasteiger partial charge is 0.465 e. The Hall–Kier alpha value is -3.43. The van der Waals surface area contributed by atoms with Gasteiger partial charge in [0.1, 0.15) is 18.9 Å². The minimum Gasteiger partial charge on any atom is -0.465 e. The van der Waals surface area contributed by atoms with E-state index in [9.17, 15) is 19.2 Å². The monoisotopic (exact) mass is 389 g/mol. The number of ether oxygens (including phenoxy) is 1. The van der Waals surface area contributed by atoms with Gasteiger partial charge in [0.2, 0.25) is 17.7 Å². The Morgan fingerprint density at radius 2 is 1.75 bits per heavy atom. The van der Waals surface area contributed by atoms with Gasteiger partial charge in [-0.15, -0.1) is 0 Å². The predicted molar refractivity (Wildman–Crippen MR) is 100 cm³/mol. The third kappa shape index (κ3) is 5.79. The minimum atomic E-state index is -0.563. The van der Waals surface area contributed by atoms with Gasteiger partial charge < -0.3 is 25.6 Å². The summed E-state index contributed by atoms with van der Waals surface area (Å²) in [4.78, 5) is 50.3. The maximum atomic E-state index is 12.2. The lowest BCUT2D eigenvalue weighted by Gasteiger charge is -2.33. The standard InChI is InChI=1S/C18H23N5O5/c1-2-28-17(27)11-23-10-15(25)22(9-16(23)26)8-7-14(24)21-13-5-3-12(4-6-13)18(19)20/h3-6H,2,7-11H2,1H3,(H3,19,20)(H,21,24). The second-order valence-corrected chi connectivity index (χ2v) is 6.16. The van der Waals surface area contributed by atoms with E-state index in [-0.39, 0.29) is 62.8 Å². The lowest BCUT2D eigenvalue weighted by molar-refractivity contribution is -0.156. The molecule has 0 atom stereocenters. The van der Waals surface area contributed by atoms with E-state index >= 15 is 0 Å². The molecule has 10 nitrogen and oxygen atoms in total. The van der Waals surface area contributed by atoms with Crippen molar-refractivity contribution in [3.05, 3.63) is 29.8 Å². The molecule has 1 aromatic carbocycles. The first kappa shape index (κ1) is 20.9. The van der Waals surface area contributed by atoms with E-state index in [1.807, 2.05) is 0 Å². The van der Waals surface area contributed by atoms with E-state index < -0.39 is 5.97 Å². The van der Waals surface area contributed by atoms with Crippen LogP contribution in [0.25, 0.3) is 0 Å². The van der Waals surface area contributed by atoms with Crippen LogP contribution in [0.2, 0.25) is 0 Å². The van der Waals surface area contributed by atoms with Gasteiger partial charge in [-0.1, -0.05) is 0 Å². The van der Waals surface area contributed by atoms with Crippen LogP contribution in [0.1, 0.15) is 18.9 Å². The van der Waals surface area contributed by atoms with Gasteiger partial charge >= 0.3 is 5.97 Å². The molecule has 0 aromatic heterocycles. The number of nitrogens with one attached hydrogen (secondary N) is 2. The van der Waals surface area contributed by atoms with Crippen LogP contribution in [-0.2, 0) is 23.9 Å². The smallest absolute Gasteiger partial charge is 0.325 e. The maximum absolute atomic E-state index is 12.2. The fourth-order valence-electron chi connectivity index (χ4n) is 2.61. The first-order valence-corrected chi connectivity index (χ1v) is 8.75. The molecule has 150 valence electrons. The number of piperazine rings is 1. The number of hydrogen-bond acceptors (Lipinski definition) is 6. The molecule has 10 heteroatoms. The molecule has 0 aliphatic carbocycles. The zero-order chi connectivity index (χ0) is 20.7. The van der Waals surface area contributed by atoms with Gasteiger partial charge in [-0.2, -0.15) is 0 Å². The maximum Gasteiger partial charge on any atom is 0.325 e. The van der Waals surface area contributed by atoms with Crippen LogP contribution in [0.5, 0.6) is 0 Å². The molecule has 1 aliphatic heterocycles. The van der Waals surface area contributed by atoms with Crippen molar-refractivity contribution < 1.29 is 23.9 Å². The Morgan fingerprint density at radius 3 is 2.36 bits per heavy atom. The molecule has 3 amide bonds. The number of nitrogens with zero attached hydrogens (tertiary/aromatic N) is 2. The second kappa shape index (κ2) is 9.49. The Morgan fingerprint density at radius 1 is 1.14 bits per heavy atom. The van der Waals surface area contributed by atoms with Gasteiger partial charge in [-0.25, -0.2) is 0 Å². The van der Waals surface area contributed by atoms with Crippen molar-refractivity contribution in [3.8, 4) is 0 Å². The van der Waals surface area contributed by atoms with Crippen LogP contribution in [0.4, 0.5) is 5.69 Å². The topological polar surface area (TPSA) is 146 Å². The van der Waals surface area contributed by atoms with Gasteiger partial charge in [-0.05, 0) is 31.2 Å². The summed E-state index contributed by atoms with van der Waals surface area (Å²) < 4.78 is 4.78. The molecule has 0 bridgehead atoms. The number of benzene rings is 1. The summed E-state index contributed by atoms with van der Waals surface area (Å²) >= 11 is 0. The van der Waals surface area contributed by atoms with Crippen LogP contribution >= 0.6 is 0 Å². The van der Waals surface area contributed by atoms with Crippen molar-refractivity contribution >= 4 is 35.2 Å². The number of amidine groups is 1. The molecule has 2 rings (SSSR count). The van der Waals surface area contributed by atoms with Crippen molar-refractivity contribution in [2.24, 2.45) is 5.73 Å². The highest BCUT2D eigenvalue weighted by molar-refractivity contribution is 5.97. The molecule has 1 fully saturated rings. The van der Waals surface area contributed by atoms with Crippen LogP contribution in [-0.4, -0.2) is 72.1 Å². The number of anilines is 1. The second-order valence-electron chi connectivity index (χ2n) is 6.16. The molecule has 1 aromatic rings. The average Bonchev–Trinajstić information content (AvgIpc) is 2.64. The summed E-state index contributed by atoms with van der Waals surface area (Å²) in [6.07, 6.45) is 0.0192. The normalized spacial score (nSPS) is 14.0. The number of carbonyl (C=O) groups is 4. The van der Waals surface area contributed by atoms with Crippen LogP contribution in [0.3, 0.4) is 0 Å². The van der Waals surface area contributed by atoms with Crippen LogP contribution < -0.4 is 11.1 Å². The van der Waals surface area contributed by atoms with Crippen LogP contribution in [0, 0.1) is 5.41 Å². The lowest BCUT2D eigenvalue weighted by atomic mass is 10.2. The molecular weight excluding hydrogens is 366 g/mol. The lowest BCUT2D eigenvalue weighted by Crippen LogP contribution is -2.55. The molecule has 0 unspecified atom stereocenters. The number of nitrogens with two attached hydrogens (primary N) is 1. The molecule has 0 radical (unpaired) electrons. The van der Waals surface area contributed by atoms with Gasteiger partial charge in [0.25, 0.3) is 0 Å². The van der Waals surface area contributed by atoms with Gasteiger partial charge in [0, 0.05) is 24.2 Å². The van der Waals surface area contributed by atoms with E-state index in [1.165, 1.54) is 4.90 Å². The summed E-state index contributed by atoms with van der Waals surface area (Å²) in [6.45, 7) is 1.29. The van der Waals surface area contributed by atoms with Gasteiger partial charge in [0.15, 0.2) is 0 Å². The van der Waals surface area contributed by atoms with E-state index in [0.717, 1.165) is 4.90 Å². The first-order chi connectivity index (χ1) is 13.3. The van der Waals surface area contributed by atoms with Crippen molar-refractivity contribution in [3.63, 3.8) is 0 Å². The fourth-order valence-corrected chi connectivity index (χ4v) is 2.61. The predicted octanol–water partition coefficient (Wildman–Crippen LogP) is -0.467. The molecule has 1 heterocycles. The molecule has 1 aliphatic rings. The van der Waals surface area contributed by atoms with E-state index in [1.54, 1.807) is 31.2 Å². The summed E-state index contributed by atoms with van der Waals surface area (Å²) in [7, 11) is 0. The number of esters is 1. The highest BCUT2D eigenvalue weighted by Crippen LogP contribution is 2.11. The number of nitrogen functional groups attached to an aromatic ring is 1. The van der Waals surface area contributed by atoms with Crippen molar-refractivity contribution in [1.29, 1.82) is 5.41 Å². The highest BCUT2D eigenvalue weighted by atomic mass is 16.5. The summed E-state index contributed by atoms with van der Waals surface area (Å²) in [5.41, 5.74) is 6.46. The number of hydrogen-bond donors (Lipinski definition) is 3. The Labute approximate surface area is 162 Å². The quantitative estimate of drug-likeness (QED) is 0.311. The van der Waals surface area contributed by atoms with Crippen molar-refractivity contribution in [2.45, 2.75) is 13.3 Å². The number of amides is 3. The number of rotatable bonds is 8. The zero-order valence-corrected chi connectivity index (χ0v) is 15.6. The van der Waals surface area contributed by atoms with Crippen molar-refractivity contribution in [1.82, 2.24) is 9.80 Å². The van der Waals surface area contributed by atoms with Gasteiger partial charge in [-0.3, -0.25) is 24.6 Å². The Bertz CT molecular complexity index is 777. The summed E-state index contributed by atoms with van der Waals surface area (Å²) in [5.74, 6) is -1.64. The van der Waals surface area contributed by atoms with E-state index in [0.29, 0.717) is 11.3 Å². The fraction of sp³-hybridized carbons (Fsp3) is 0.389. The zero-order valence-electron chi connectivity index (χ0n) is 15.6. The van der Waals surface area contributed by atoms with Crippen LogP contribution in [0.15, 0.2) is 24.3 Å². The number of carbonyl (C=O) groups excluding carboxylic acids is 4. The third-order valence-electron chi connectivity index (χ3n) is 4.07. The Kier molecular flexibility index (Phi) is 7.08. The molecule has 4 N–H and O–H groups in total. The van der Waals surface area contributed by atoms with Gasteiger partial charge in [0.05, 0.1) is 13.2 Å². The SMILES string of the molecule is CCOC(=O)CN1CC(=O)N(CCC(=O)Nc2ccc(C(=N)N)cc2)CC1=O. The average molecular weight is 389 g/mol. The molecule has 0 saturated carbocycles. The Balaban J connectivity index is 1.81.